The molecule has 1 aliphatic rings. The van der Waals surface area contributed by atoms with Crippen molar-refractivity contribution in [2.45, 2.75) is 57.6 Å². The number of nitrogens with zero attached hydrogens (tertiary/aromatic N) is 4. The smallest absolute Gasteiger partial charge is 0.315 e. The lowest BCUT2D eigenvalue weighted by Gasteiger charge is -2.21. The van der Waals surface area contributed by atoms with Crippen LogP contribution < -0.4 is 16.0 Å². The molecule has 1 aliphatic carbocycles. The molecule has 4 N–H and O–H groups in total. The molecule has 0 atom stereocenters. The summed E-state index contributed by atoms with van der Waals surface area (Å²) in [5.74, 6) is 1.09. The zero-order valence-electron chi connectivity index (χ0n) is 19.3. The minimum Gasteiger partial charge on any atom is -0.403 e. The highest BCUT2D eigenvalue weighted by Gasteiger charge is 2.30. The highest BCUT2D eigenvalue weighted by molar-refractivity contribution is 7.16. The Morgan fingerprint density at radius 2 is 2.00 bits per heavy atom. The standard InChI is InChI=1S/C24H29N7O2S/c1-15(2)28-19-12-21(29-16-5-6-18-20(11-16)34-14-27-18)26-13-17(19)22-30-31-23(33-22)25-10-9-24(32)7-3-4-8-24/h5-6,11-15,32H,3-4,7-10H2,1-2H3,(H,25,31)(H2,26,28,29). The van der Waals surface area contributed by atoms with Crippen LogP contribution in [0.4, 0.5) is 23.2 Å². The fourth-order valence-corrected chi connectivity index (χ4v) is 5.01. The van der Waals surface area contributed by atoms with Crippen LogP contribution in [0.15, 0.2) is 40.4 Å². The fraction of sp³-hybridized carbons (Fsp3) is 0.417. The number of nitrogens with one attached hydrogen (secondary N) is 3. The van der Waals surface area contributed by atoms with E-state index in [4.69, 9.17) is 4.42 Å². The highest BCUT2D eigenvalue weighted by atomic mass is 32.1. The number of benzene rings is 1. The topological polar surface area (TPSA) is 121 Å². The van der Waals surface area contributed by atoms with Crippen molar-refractivity contribution in [2.75, 3.05) is 22.5 Å². The molecule has 4 aromatic rings. The van der Waals surface area contributed by atoms with Crippen molar-refractivity contribution in [1.82, 2.24) is 20.2 Å². The summed E-state index contributed by atoms with van der Waals surface area (Å²) in [6.07, 6.45) is 6.29. The molecule has 1 fully saturated rings. The Morgan fingerprint density at radius 1 is 1.15 bits per heavy atom. The van der Waals surface area contributed by atoms with Gasteiger partial charge in [0.05, 0.1) is 32.6 Å². The molecule has 1 aromatic carbocycles. The summed E-state index contributed by atoms with van der Waals surface area (Å²) in [5.41, 5.74) is 4.78. The minimum absolute atomic E-state index is 0.204. The molecular weight excluding hydrogens is 450 g/mol. The predicted molar refractivity (Wildman–Crippen MR) is 136 cm³/mol. The number of rotatable bonds is 9. The molecule has 0 spiro atoms. The molecule has 0 radical (unpaired) electrons. The first kappa shape index (κ1) is 22.5. The molecule has 3 heterocycles. The highest BCUT2D eigenvalue weighted by Crippen LogP contribution is 2.33. The molecular formula is C24H29N7O2S. The summed E-state index contributed by atoms with van der Waals surface area (Å²) in [6, 6.07) is 8.54. The Labute approximate surface area is 202 Å². The first-order valence-corrected chi connectivity index (χ1v) is 12.5. The Morgan fingerprint density at radius 3 is 2.82 bits per heavy atom. The van der Waals surface area contributed by atoms with E-state index in [1.807, 2.05) is 23.7 Å². The average Bonchev–Trinajstić information content (AvgIpc) is 3.55. The maximum atomic E-state index is 10.5. The molecule has 10 heteroatoms. The van der Waals surface area contributed by atoms with Crippen LogP contribution in [0.25, 0.3) is 21.7 Å². The molecule has 178 valence electrons. The molecule has 0 unspecified atom stereocenters. The van der Waals surface area contributed by atoms with E-state index in [0.717, 1.165) is 52.8 Å². The first-order valence-electron chi connectivity index (χ1n) is 11.6. The van der Waals surface area contributed by atoms with Crippen LogP contribution >= 0.6 is 11.3 Å². The van der Waals surface area contributed by atoms with E-state index in [1.54, 1.807) is 17.5 Å². The van der Waals surface area contributed by atoms with Gasteiger partial charge in [-0.15, -0.1) is 16.4 Å². The average molecular weight is 480 g/mol. The van der Waals surface area contributed by atoms with Crippen LogP contribution in [-0.2, 0) is 0 Å². The Balaban J connectivity index is 1.31. The van der Waals surface area contributed by atoms with Crippen LogP contribution in [0, 0.1) is 0 Å². The van der Waals surface area contributed by atoms with Gasteiger partial charge in [-0.1, -0.05) is 17.9 Å². The van der Waals surface area contributed by atoms with Crippen molar-refractivity contribution >= 4 is 44.8 Å². The van der Waals surface area contributed by atoms with E-state index < -0.39 is 5.60 Å². The molecule has 0 bridgehead atoms. The van der Waals surface area contributed by atoms with E-state index >= 15 is 0 Å². The number of hydrogen-bond donors (Lipinski definition) is 4. The van der Waals surface area contributed by atoms with Crippen molar-refractivity contribution in [3.63, 3.8) is 0 Å². The monoisotopic (exact) mass is 479 g/mol. The normalized spacial score (nSPS) is 15.2. The molecule has 3 aromatic heterocycles. The number of aromatic nitrogens is 4. The third kappa shape index (κ3) is 5.13. The second-order valence-electron chi connectivity index (χ2n) is 9.09. The van der Waals surface area contributed by atoms with E-state index in [2.05, 4.69) is 56.0 Å². The van der Waals surface area contributed by atoms with Gasteiger partial charge in [-0.25, -0.2) is 9.97 Å². The molecule has 0 amide bonds. The Hall–Kier alpha value is -3.24. The van der Waals surface area contributed by atoms with Crippen LogP contribution in [-0.4, -0.2) is 43.5 Å². The van der Waals surface area contributed by atoms with Gasteiger partial charge < -0.3 is 25.5 Å². The van der Waals surface area contributed by atoms with Gasteiger partial charge in [0, 0.05) is 30.5 Å². The number of thiazole rings is 1. The van der Waals surface area contributed by atoms with Gasteiger partial charge in [0.15, 0.2) is 0 Å². The molecule has 5 rings (SSSR count). The van der Waals surface area contributed by atoms with Gasteiger partial charge in [0.1, 0.15) is 5.82 Å². The molecule has 0 saturated heterocycles. The van der Waals surface area contributed by atoms with E-state index in [1.165, 1.54) is 0 Å². The zero-order valence-corrected chi connectivity index (χ0v) is 20.2. The van der Waals surface area contributed by atoms with E-state index in [9.17, 15) is 5.11 Å². The lowest BCUT2D eigenvalue weighted by Crippen LogP contribution is -2.27. The summed E-state index contributed by atoms with van der Waals surface area (Å²) < 4.78 is 6.98. The van der Waals surface area contributed by atoms with Gasteiger partial charge in [-0.2, -0.15) is 0 Å². The quantitative estimate of drug-likeness (QED) is 0.249. The summed E-state index contributed by atoms with van der Waals surface area (Å²) in [6.45, 7) is 4.73. The summed E-state index contributed by atoms with van der Waals surface area (Å²) in [4.78, 5) is 8.90. The van der Waals surface area contributed by atoms with Gasteiger partial charge in [-0.3, -0.25) is 0 Å². The number of aliphatic hydroxyl groups is 1. The Bertz CT molecular complexity index is 1260. The summed E-state index contributed by atoms with van der Waals surface area (Å²) in [7, 11) is 0. The summed E-state index contributed by atoms with van der Waals surface area (Å²) in [5, 5.41) is 28.8. The predicted octanol–water partition coefficient (Wildman–Crippen LogP) is 5.41. The maximum Gasteiger partial charge on any atom is 0.315 e. The third-order valence-corrected chi connectivity index (χ3v) is 6.80. The van der Waals surface area contributed by atoms with Crippen molar-refractivity contribution < 1.29 is 9.52 Å². The van der Waals surface area contributed by atoms with Crippen molar-refractivity contribution in [2.24, 2.45) is 0 Å². The second kappa shape index (κ2) is 9.55. The van der Waals surface area contributed by atoms with Gasteiger partial charge in [-0.05, 0) is 51.3 Å². The lowest BCUT2D eigenvalue weighted by molar-refractivity contribution is 0.0423. The van der Waals surface area contributed by atoms with Crippen molar-refractivity contribution in [3.8, 4) is 11.5 Å². The maximum absolute atomic E-state index is 10.5. The first-order chi connectivity index (χ1) is 16.5. The van der Waals surface area contributed by atoms with Crippen LogP contribution in [0.1, 0.15) is 46.0 Å². The van der Waals surface area contributed by atoms with Crippen LogP contribution in [0.2, 0.25) is 0 Å². The van der Waals surface area contributed by atoms with Gasteiger partial charge >= 0.3 is 6.01 Å². The summed E-state index contributed by atoms with van der Waals surface area (Å²) >= 11 is 1.61. The van der Waals surface area contributed by atoms with Crippen LogP contribution in [0.5, 0.6) is 0 Å². The lowest BCUT2D eigenvalue weighted by atomic mass is 9.98. The largest absolute Gasteiger partial charge is 0.403 e. The van der Waals surface area contributed by atoms with Gasteiger partial charge in [0.2, 0.25) is 0 Å². The van der Waals surface area contributed by atoms with Crippen molar-refractivity contribution in [1.29, 1.82) is 0 Å². The van der Waals surface area contributed by atoms with E-state index in [-0.39, 0.29) is 6.04 Å². The number of hydrogen-bond acceptors (Lipinski definition) is 10. The molecule has 34 heavy (non-hydrogen) atoms. The zero-order chi connectivity index (χ0) is 23.5. The number of fused-ring (bicyclic) bond motifs is 1. The van der Waals surface area contributed by atoms with Crippen molar-refractivity contribution in [3.05, 3.63) is 36.0 Å². The second-order valence-corrected chi connectivity index (χ2v) is 9.98. The molecule has 9 nitrogen and oxygen atoms in total. The van der Waals surface area contributed by atoms with Crippen LogP contribution in [0.3, 0.4) is 0 Å². The Kier molecular flexibility index (Phi) is 6.34. The SMILES string of the molecule is CC(C)Nc1cc(Nc2ccc3ncsc3c2)ncc1-c1nnc(NCCC2(O)CCCC2)o1. The third-order valence-electron chi connectivity index (χ3n) is 6.01. The fourth-order valence-electron chi connectivity index (χ4n) is 4.29. The minimum atomic E-state index is -0.568. The molecule has 0 aliphatic heterocycles. The van der Waals surface area contributed by atoms with E-state index in [0.29, 0.717) is 30.7 Å². The number of anilines is 4. The molecule has 1 saturated carbocycles. The number of pyridine rings is 1. The van der Waals surface area contributed by atoms with Gasteiger partial charge in [0.25, 0.3) is 5.89 Å².